The first kappa shape index (κ1) is 12.3. The smallest absolute Gasteiger partial charge is 0.0597 e. The van der Waals surface area contributed by atoms with E-state index >= 15 is 0 Å². The molecule has 0 aliphatic rings. The van der Waals surface area contributed by atoms with E-state index in [4.69, 9.17) is 5.73 Å². The van der Waals surface area contributed by atoms with Gasteiger partial charge in [0.2, 0.25) is 0 Å². The molecular weight excluding hydrogens is 278 g/mol. The molecule has 0 spiro atoms. The Morgan fingerprint density at radius 1 is 1.35 bits per heavy atom. The zero-order chi connectivity index (χ0) is 12.4. The van der Waals surface area contributed by atoms with Gasteiger partial charge in [0, 0.05) is 11.5 Å². The van der Waals surface area contributed by atoms with Crippen LogP contribution >= 0.6 is 15.9 Å². The van der Waals surface area contributed by atoms with Crippen LogP contribution in [0.3, 0.4) is 0 Å². The molecule has 3 nitrogen and oxygen atoms in total. The van der Waals surface area contributed by atoms with Crippen LogP contribution in [0.2, 0.25) is 0 Å². The molecule has 1 aromatic heterocycles. The van der Waals surface area contributed by atoms with Crippen molar-refractivity contribution < 1.29 is 0 Å². The predicted octanol–water partition coefficient (Wildman–Crippen LogP) is 2.73. The molecule has 1 heterocycles. The average molecular weight is 294 g/mol. The number of rotatable bonds is 3. The molecule has 2 N–H and O–H groups in total. The van der Waals surface area contributed by atoms with E-state index < -0.39 is 0 Å². The summed E-state index contributed by atoms with van der Waals surface area (Å²) in [7, 11) is 1.93. The molecule has 17 heavy (non-hydrogen) atoms. The van der Waals surface area contributed by atoms with Crippen LogP contribution in [0.4, 0.5) is 0 Å². The van der Waals surface area contributed by atoms with E-state index in [-0.39, 0.29) is 6.04 Å². The van der Waals surface area contributed by atoms with Crippen LogP contribution in [-0.2, 0) is 13.5 Å². The summed E-state index contributed by atoms with van der Waals surface area (Å²) in [6.45, 7) is 1.98. The van der Waals surface area contributed by atoms with E-state index in [0.717, 1.165) is 22.3 Å². The van der Waals surface area contributed by atoms with E-state index in [1.54, 1.807) is 0 Å². The van der Waals surface area contributed by atoms with Gasteiger partial charge in [-0.3, -0.25) is 4.68 Å². The summed E-state index contributed by atoms with van der Waals surface area (Å²) in [4.78, 5) is 0. The van der Waals surface area contributed by atoms with Crippen LogP contribution in [-0.4, -0.2) is 9.78 Å². The van der Waals surface area contributed by atoms with E-state index in [1.807, 2.05) is 36.9 Å². The van der Waals surface area contributed by atoms with Gasteiger partial charge in [0.15, 0.2) is 0 Å². The van der Waals surface area contributed by atoms with Gasteiger partial charge < -0.3 is 5.73 Å². The van der Waals surface area contributed by atoms with Crippen molar-refractivity contribution in [1.82, 2.24) is 9.78 Å². The Morgan fingerprint density at radius 2 is 2.00 bits per heavy atom. The molecule has 4 heteroatoms. The minimum absolute atomic E-state index is 0.0117. The second-order valence-corrected chi connectivity index (χ2v) is 5.19. The summed E-state index contributed by atoms with van der Waals surface area (Å²) in [5, 5.41) is 4.32. The summed E-state index contributed by atoms with van der Waals surface area (Å²) in [5.74, 6) is 0. The summed E-state index contributed by atoms with van der Waals surface area (Å²) in [6, 6.07) is 10.3. The number of hydrogen-bond acceptors (Lipinski definition) is 2. The molecule has 2 aromatic rings. The number of aryl methyl sites for hydroxylation is 2. The standard InChI is InChI=1S/C13H16BrN3/c1-9-7-13(17(2)16-9)12(15)8-10-3-5-11(14)6-4-10/h3-7,12H,8,15H2,1-2H3. The average Bonchev–Trinajstić information content (AvgIpc) is 2.61. The maximum absolute atomic E-state index is 6.21. The highest BCUT2D eigenvalue weighted by Crippen LogP contribution is 2.18. The van der Waals surface area contributed by atoms with Gasteiger partial charge in [0.05, 0.1) is 17.4 Å². The molecule has 1 atom stereocenters. The molecular formula is C13H16BrN3. The molecule has 0 saturated carbocycles. The minimum atomic E-state index is -0.0117. The summed E-state index contributed by atoms with van der Waals surface area (Å²) >= 11 is 3.43. The van der Waals surface area contributed by atoms with Crippen LogP contribution in [0, 0.1) is 6.92 Å². The third-order valence-corrected chi connectivity index (χ3v) is 3.32. The fourth-order valence-corrected chi connectivity index (χ4v) is 2.22. The van der Waals surface area contributed by atoms with E-state index in [1.165, 1.54) is 5.56 Å². The van der Waals surface area contributed by atoms with Crippen molar-refractivity contribution in [3.63, 3.8) is 0 Å². The number of aromatic nitrogens is 2. The molecule has 1 aromatic carbocycles. The molecule has 0 fully saturated rings. The van der Waals surface area contributed by atoms with Crippen molar-refractivity contribution in [3.8, 4) is 0 Å². The predicted molar refractivity (Wildman–Crippen MR) is 72.7 cm³/mol. The highest BCUT2D eigenvalue weighted by atomic mass is 79.9. The second kappa shape index (κ2) is 5.02. The van der Waals surface area contributed by atoms with Crippen LogP contribution in [0.25, 0.3) is 0 Å². The molecule has 1 unspecified atom stereocenters. The Morgan fingerprint density at radius 3 is 2.53 bits per heavy atom. The van der Waals surface area contributed by atoms with Gasteiger partial charge in [0.25, 0.3) is 0 Å². The highest BCUT2D eigenvalue weighted by Gasteiger charge is 2.12. The highest BCUT2D eigenvalue weighted by molar-refractivity contribution is 9.10. The molecule has 0 saturated heterocycles. The van der Waals surface area contributed by atoms with E-state index in [0.29, 0.717) is 0 Å². The van der Waals surface area contributed by atoms with Crippen molar-refractivity contribution in [2.45, 2.75) is 19.4 Å². The zero-order valence-electron chi connectivity index (χ0n) is 10.0. The lowest BCUT2D eigenvalue weighted by molar-refractivity contribution is 0.615. The Bertz CT molecular complexity index is 502. The normalized spacial score (nSPS) is 12.7. The van der Waals surface area contributed by atoms with Crippen molar-refractivity contribution in [2.75, 3.05) is 0 Å². The van der Waals surface area contributed by atoms with Crippen molar-refractivity contribution in [2.24, 2.45) is 12.8 Å². The number of nitrogens with two attached hydrogens (primary N) is 1. The topological polar surface area (TPSA) is 43.8 Å². The molecule has 90 valence electrons. The van der Waals surface area contributed by atoms with Gasteiger partial charge in [-0.15, -0.1) is 0 Å². The fraction of sp³-hybridized carbons (Fsp3) is 0.308. The maximum atomic E-state index is 6.21. The van der Waals surface area contributed by atoms with Gasteiger partial charge in [-0.25, -0.2) is 0 Å². The van der Waals surface area contributed by atoms with Gasteiger partial charge in [-0.1, -0.05) is 28.1 Å². The third-order valence-electron chi connectivity index (χ3n) is 2.79. The molecule has 0 aliphatic carbocycles. The van der Waals surface area contributed by atoms with E-state index in [9.17, 15) is 0 Å². The number of benzene rings is 1. The first-order valence-corrected chi connectivity index (χ1v) is 6.36. The summed E-state index contributed by atoms with van der Waals surface area (Å²) < 4.78 is 2.95. The second-order valence-electron chi connectivity index (χ2n) is 4.27. The molecule has 0 amide bonds. The van der Waals surface area contributed by atoms with Gasteiger partial charge in [-0.2, -0.15) is 5.10 Å². The molecule has 0 aliphatic heterocycles. The molecule has 0 bridgehead atoms. The van der Waals surface area contributed by atoms with Crippen molar-refractivity contribution in [3.05, 3.63) is 51.8 Å². The Balaban J connectivity index is 2.14. The Kier molecular flexibility index (Phi) is 3.64. The van der Waals surface area contributed by atoms with Crippen LogP contribution < -0.4 is 5.73 Å². The monoisotopic (exact) mass is 293 g/mol. The largest absolute Gasteiger partial charge is 0.322 e. The van der Waals surface area contributed by atoms with E-state index in [2.05, 4.69) is 33.2 Å². The Hall–Kier alpha value is -1.13. The fourth-order valence-electron chi connectivity index (χ4n) is 1.96. The van der Waals surface area contributed by atoms with Crippen LogP contribution in [0.5, 0.6) is 0 Å². The van der Waals surface area contributed by atoms with Crippen molar-refractivity contribution in [1.29, 1.82) is 0 Å². The number of nitrogens with zero attached hydrogens (tertiary/aromatic N) is 2. The molecule has 0 radical (unpaired) electrons. The zero-order valence-corrected chi connectivity index (χ0v) is 11.6. The Labute approximate surface area is 110 Å². The summed E-state index contributed by atoms with van der Waals surface area (Å²) in [6.07, 6.45) is 0.826. The lowest BCUT2D eigenvalue weighted by atomic mass is 10.0. The van der Waals surface area contributed by atoms with Gasteiger partial charge in [-0.05, 0) is 37.1 Å². The quantitative estimate of drug-likeness (QED) is 0.946. The van der Waals surface area contributed by atoms with Crippen LogP contribution in [0.15, 0.2) is 34.8 Å². The van der Waals surface area contributed by atoms with Gasteiger partial charge in [0.1, 0.15) is 0 Å². The number of hydrogen-bond donors (Lipinski definition) is 1. The third kappa shape index (κ3) is 2.96. The molecule has 2 rings (SSSR count). The lowest BCUT2D eigenvalue weighted by Crippen LogP contribution is -2.17. The SMILES string of the molecule is Cc1cc(C(N)Cc2ccc(Br)cc2)n(C)n1. The first-order valence-electron chi connectivity index (χ1n) is 5.57. The minimum Gasteiger partial charge on any atom is -0.322 e. The lowest BCUT2D eigenvalue weighted by Gasteiger charge is -2.12. The summed E-state index contributed by atoms with van der Waals surface area (Å²) in [5.41, 5.74) is 9.52. The number of halogens is 1. The first-order chi connectivity index (χ1) is 8.06. The van der Waals surface area contributed by atoms with Crippen LogP contribution in [0.1, 0.15) is 23.0 Å². The maximum Gasteiger partial charge on any atom is 0.0597 e. The van der Waals surface area contributed by atoms with Crippen molar-refractivity contribution >= 4 is 15.9 Å². The van der Waals surface area contributed by atoms with Gasteiger partial charge >= 0.3 is 0 Å².